The number of carbonyl (C=O) groups is 1. The Labute approximate surface area is 111 Å². The number of amides is 1. The minimum absolute atomic E-state index is 0.251. The van der Waals surface area contributed by atoms with E-state index in [1.54, 1.807) is 23.0 Å². The SMILES string of the molecule is CCNc1ccc(C(=O)NCc2cnn(C)c2)nn1. The lowest BCUT2D eigenvalue weighted by molar-refractivity contribution is 0.0945. The summed E-state index contributed by atoms with van der Waals surface area (Å²) in [5, 5.41) is 17.6. The Balaban J connectivity index is 1.92. The average Bonchev–Trinajstić information content (AvgIpc) is 2.83. The van der Waals surface area contributed by atoms with Crippen molar-refractivity contribution in [3.63, 3.8) is 0 Å². The van der Waals surface area contributed by atoms with Gasteiger partial charge in [0.1, 0.15) is 5.82 Å². The van der Waals surface area contributed by atoms with Crippen molar-refractivity contribution in [2.24, 2.45) is 7.05 Å². The molecule has 0 fully saturated rings. The molecule has 2 rings (SSSR count). The third kappa shape index (κ3) is 3.51. The zero-order chi connectivity index (χ0) is 13.7. The van der Waals surface area contributed by atoms with Gasteiger partial charge >= 0.3 is 0 Å². The molecule has 0 aliphatic carbocycles. The normalized spacial score (nSPS) is 10.2. The Morgan fingerprint density at radius 3 is 2.79 bits per heavy atom. The fourth-order valence-corrected chi connectivity index (χ4v) is 1.56. The monoisotopic (exact) mass is 260 g/mol. The van der Waals surface area contributed by atoms with Gasteiger partial charge < -0.3 is 10.6 Å². The Morgan fingerprint density at radius 2 is 2.21 bits per heavy atom. The van der Waals surface area contributed by atoms with Crippen LogP contribution in [-0.2, 0) is 13.6 Å². The minimum Gasteiger partial charge on any atom is -0.369 e. The van der Waals surface area contributed by atoms with Gasteiger partial charge in [-0.05, 0) is 19.1 Å². The Morgan fingerprint density at radius 1 is 1.37 bits per heavy atom. The molecule has 0 saturated heterocycles. The van der Waals surface area contributed by atoms with Gasteiger partial charge in [-0.1, -0.05) is 0 Å². The van der Waals surface area contributed by atoms with Crippen LogP contribution in [0.2, 0.25) is 0 Å². The van der Waals surface area contributed by atoms with Crippen molar-refractivity contribution in [1.82, 2.24) is 25.3 Å². The van der Waals surface area contributed by atoms with Crippen LogP contribution in [0.25, 0.3) is 0 Å². The summed E-state index contributed by atoms with van der Waals surface area (Å²) in [7, 11) is 1.83. The zero-order valence-electron chi connectivity index (χ0n) is 10.9. The molecule has 0 radical (unpaired) electrons. The van der Waals surface area contributed by atoms with Gasteiger partial charge in [0.15, 0.2) is 5.69 Å². The Hall–Kier alpha value is -2.44. The molecule has 100 valence electrons. The van der Waals surface area contributed by atoms with Crippen LogP contribution in [0.15, 0.2) is 24.5 Å². The molecule has 0 aliphatic heterocycles. The molecule has 0 atom stereocenters. The third-order valence-corrected chi connectivity index (χ3v) is 2.47. The topological polar surface area (TPSA) is 84.7 Å². The number of rotatable bonds is 5. The van der Waals surface area contributed by atoms with E-state index in [0.29, 0.717) is 18.1 Å². The standard InChI is InChI=1S/C12H16N6O/c1-3-13-11-5-4-10(16-17-11)12(19)14-6-9-7-15-18(2)8-9/h4-5,7-8H,3,6H2,1-2H3,(H,13,17)(H,14,19). The molecule has 2 N–H and O–H groups in total. The molecule has 7 heteroatoms. The molecule has 0 spiro atoms. The molecular weight excluding hydrogens is 244 g/mol. The number of nitrogens with zero attached hydrogens (tertiary/aromatic N) is 4. The lowest BCUT2D eigenvalue weighted by Crippen LogP contribution is -2.24. The summed E-state index contributed by atoms with van der Waals surface area (Å²) in [5.74, 6) is 0.408. The second-order valence-electron chi connectivity index (χ2n) is 4.04. The van der Waals surface area contributed by atoms with Crippen molar-refractivity contribution >= 4 is 11.7 Å². The largest absolute Gasteiger partial charge is 0.369 e. The summed E-state index contributed by atoms with van der Waals surface area (Å²) in [6.45, 7) is 3.15. The third-order valence-electron chi connectivity index (χ3n) is 2.47. The molecule has 7 nitrogen and oxygen atoms in total. The lowest BCUT2D eigenvalue weighted by atomic mass is 10.3. The highest BCUT2D eigenvalue weighted by Gasteiger charge is 2.08. The molecule has 0 unspecified atom stereocenters. The molecular formula is C12H16N6O. The van der Waals surface area contributed by atoms with Gasteiger partial charge in [-0.2, -0.15) is 5.10 Å². The average molecular weight is 260 g/mol. The van der Waals surface area contributed by atoms with Crippen molar-refractivity contribution in [1.29, 1.82) is 0 Å². The molecule has 0 aliphatic rings. The first-order valence-corrected chi connectivity index (χ1v) is 6.02. The fourth-order valence-electron chi connectivity index (χ4n) is 1.56. The van der Waals surface area contributed by atoms with E-state index < -0.39 is 0 Å². The van der Waals surface area contributed by atoms with Crippen molar-refractivity contribution in [2.45, 2.75) is 13.5 Å². The summed E-state index contributed by atoms with van der Waals surface area (Å²) < 4.78 is 1.69. The first-order valence-electron chi connectivity index (χ1n) is 6.02. The van der Waals surface area contributed by atoms with E-state index >= 15 is 0 Å². The fraction of sp³-hybridized carbons (Fsp3) is 0.333. The zero-order valence-corrected chi connectivity index (χ0v) is 10.9. The van der Waals surface area contributed by atoms with Crippen LogP contribution in [0.1, 0.15) is 23.0 Å². The van der Waals surface area contributed by atoms with E-state index in [1.807, 2.05) is 20.2 Å². The maximum atomic E-state index is 11.8. The summed E-state index contributed by atoms with van der Waals surface area (Å²) in [5.41, 5.74) is 1.23. The predicted octanol–water partition coefficient (Wildman–Crippen LogP) is 0.572. The van der Waals surface area contributed by atoms with Crippen molar-refractivity contribution in [3.8, 4) is 0 Å². The molecule has 2 aromatic heterocycles. The van der Waals surface area contributed by atoms with Crippen LogP contribution in [0.5, 0.6) is 0 Å². The molecule has 0 saturated carbocycles. The number of hydrogen-bond donors (Lipinski definition) is 2. The van der Waals surface area contributed by atoms with E-state index in [1.165, 1.54) is 0 Å². The smallest absolute Gasteiger partial charge is 0.272 e. The highest BCUT2D eigenvalue weighted by molar-refractivity contribution is 5.92. The lowest BCUT2D eigenvalue weighted by Gasteiger charge is -2.04. The van der Waals surface area contributed by atoms with Crippen LogP contribution in [0.4, 0.5) is 5.82 Å². The number of carbonyl (C=O) groups excluding carboxylic acids is 1. The Kier molecular flexibility index (Phi) is 4.07. The van der Waals surface area contributed by atoms with E-state index in [9.17, 15) is 4.79 Å². The summed E-state index contributed by atoms with van der Waals surface area (Å²) >= 11 is 0. The molecule has 2 heterocycles. The second kappa shape index (κ2) is 5.94. The van der Waals surface area contributed by atoms with Crippen LogP contribution < -0.4 is 10.6 Å². The quantitative estimate of drug-likeness (QED) is 0.821. The molecule has 0 bridgehead atoms. The number of aromatic nitrogens is 4. The van der Waals surface area contributed by atoms with E-state index in [4.69, 9.17) is 0 Å². The van der Waals surface area contributed by atoms with Crippen LogP contribution in [0, 0.1) is 0 Å². The Bertz CT molecular complexity index is 548. The number of aryl methyl sites for hydroxylation is 1. The highest BCUT2D eigenvalue weighted by atomic mass is 16.1. The van der Waals surface area contributed by atoms with E-state index in [0.717, 1.165) is 12.1 Å². The molecule has 0 aromatic carbocycles. The van der Waals surface area contributed by atoms with Crippen LogP contribution in [0.3, 0.4) is 0 Å². The van der Waals surface area contributed by atoms with Gasteiger partial charge in [0.05, 0.1) is 6.20 Å². The summed E-state index contributed by atoms with van der Waals surface area (Å²) in [6.07, 6.45) is 3.56. The van der Waals surface area contributed by atoms with Crippen LogP contribution >= 0.6 is 0 Å². The van der Waals surface area contributed by atoms with Crippen molar-refractivity contribution in [2.75, 3.05) is 11.9 Å². The molecule has 1 amide bonds. The van der Waals surface area contributed by atoms with E-state index in [2.05, 4.69) is 25.9 Å². The van der Waals surface area contributed by atoms with Gasteiger partial charge in [-0.3, -0.25) is 9.48 Å². The van der Waals surface area contributed by atoms with Gasteiger partial charge in [-0.15, -0.1) is 10.2 Å². The molecule has 2 aromatic rings. The number of anilines is 1. The first-order chi connectivity index (χ1) is 9.19. The first kappa shape index (κ1) is 13.0. The number of hydrogen-bond acceptors (Lipinski definition) is 5. The van der Waals surface area contributed by atoms with Gasteiger partial charge in [0, 0.05) is 31.9 Å². The van der Waals surface area contributed by atoms with Gasteiger partial charge in [-0.25, -0.2) is 0 Å². The van der Waals surface area contributed by atoms with E-state index in [-0.39, 0.29) is 5.91 Å². The minimum atomic E-state index is -0.251. The van der Waals surface area contributed by atoms with Gasteiger partial charge in [0.25, 0.3) is 5.91 Å². The summed E-state index contributed by atoms with van der Waals surface area (Å²) in [6, 6.07) is 3.37. The molecule has 19 heavy (non-hydrogen) atoms. The number of nitrogens with one attached hydrogen (secondary N) is 2. The van der Waals surface area contributed by atoms with Crippen LogP contribution in [-0.4, -0.2) is 32.4 Å². The van der Waals surface area contributed by atoms with Gasteiger partial charge in [0.2, 0.25) is 0 Å². The predicted molar refractivity (Wildman–Crippen MR) is 70.6 cm³/mol. The highest BCUT2D eigenvalue weighted by Crippen LogP contribution is 2.02. The second-order valence-corrected chi connectivity index (χ2v) is 4.04. The van der Waals surface area contributed by atoms with Crippen molar-refractivity contribution < 1.29 is 4.79 Å². The maximum absolute atomic E-state index is 11.8. The maximum Gasteiger partial charge on any atom is 0.272 e. The van der Waals surface area contributed by atoms with Crippen molar-refractivity contribution in [3.05, 3.63) is 35.8 Å². The summed E-state index contributed by atoms with van der Waals surface area (Å²) in [4.78, 5) is 11.8.